The summed E-state index contributed by atoms with van der Waals surface area (Å²) in [7, 11) is 3.04. The highest BCUT2D eigenvalue weighted by Crippen LogP contribution is 2.50. The molecule has 0 radical (unpaired) electrons. The zero-order valence-electron chi connectivity index (χ0n) is 27.2. The van der Waals surface area contributed by atoms with Crippen LogP contribution in [0.2, 0.25) is 0 Å². The Balaban J connectivity index is 0.993. The Labute approximate surface area is 286 Å². The summed E-state index contributed by atoms with van der Waals surface area (Å²) in [5.74, 6) is 1.67. The van der Waals surface area contributed by atoms with Gasteiger partial charge >= 0.3 is 0 Å². The second kappa shape index (κ2) is 13.9. The molecule has 7 rings (SSSR count). The predicted molar refractivity (Wildman–Crippen MR) is 167 cm³/mol. The Morgan fingerprint density at radius 2 is 1.60 bits per heavy atom. The van der Waals surface area contributed by atoms with Crippen LogP contribution >= 0.6 is 0 Å². The lowest BCUT2D eigenvalue weighted by Gasteiger charge is -2.41. The van der Waals surface area contributed by atoms with Gasteiger partial charge in [0.15, 0.2) is 29.9 Å². The van der Waals surface area contributed by atoms with E-state index in [9.17, 15) is 35.4 Å². The number of ketones is 1. The molecule has 0 spiro atoms. The van der Waals surface area contributed by atoms with Gasteiger partial charge in [-0.1, -0.05) is 6.58 Å². The van der Waals surface area contributed by atoms with Crippen molar-refractivity contribution in [3.8, 4) is 28.7 Å². The average molecular weight is 705 g/mol. The number of fused-ring (bicyclic) bond motifs is 6. The van der Waals surface area contributed by atoms with E-state index in [0.29, 0.717) is 57.4 Å². The molecule has 5 aliphatic heterocycles. The van der Waals surface area contributed by atoms with Crippen LogP contribution in [0.15, 0.2) is 36.4 Å². The molecule has 2 fully saturated rings. The van der Waals surface area contributed by atoms with Crippen LogP contribution in [0, 0.1) is 0 Å². The van der Waals surface area contributed by atoms with Gasteiger partial charge in [-0.3, -0.25) is 4.79 Å². The molecular weight excluding hydrogens is 664 g/mol. The molecule has 16 nitrogen and oxygen atoms in total. The van der Waals surface area contributed by atoms with Crippen molar-refractivity contribution >= 4 is 5.78 Å². The van der Waals surface area contributed by atoms with Crippen LogP contribution in [-0.4, -0.2) is 145 Å². The van der Waals surface area contributed by atoms with E-state index in [1.54, 1.807) is 24.3 Å². The molecule has 6 N–H and O–H groups in total. The van der Waals surface area contributed by atoms with E-state index in [0.717, 1.165) is 0 Å². The molecule has 2 aromatic carbocycles. The van der Waals surface area contributed by atoms with E-state index in [2.05, 4.69) is 6.58 Å². The van der Waals surface area contributed by atoms with Gasteiger partial charge in [0.1, 0.15) is 78.8 Å². The summed E-state index contributed by atoms with van der Waals surface area (Å²) >= 11 is 0. The van der Waals surface area contributed by atoms with Crippen LogP contribution in [0.25, 0.3) is 0 Å². The van der Waals surface area contributed by atoms with Crippen molar-refractivity contribution in [2.75, 3.05) is 40.6 Å². The Kier molecular flexibility index (Phi) is 9.68. The highest BCUT2D eigenvalue weighted by atomic mass is 16.7. The fourth-order valence-corrected chi connectivity index (χ4v) is 6.88. The van der Waals surface area contributed by atoms with E-state index in [4.69, 9.17) is 42.6 Å². The number of benzene rings is 2. The minimum atomic E-state index is -1.67. The smallest absolute Gasteiger partial charge is 0.187 e. The highest BCUT2D eigenvalue weighted by Gasteiger charge is 2.48. The molecule has 2 aromatic rings. The normalized spacial score (nSPS) is 35.7. The second-order valence-corrected chi connectivity index (χ2v) is 12.9. The van der Waals surface area contributed by atoms with Crippen molar-refractivity contribution in [3.63, 3.8) is 0 Å². The van der Waals surface area contributed by atoms with Gasteiger partial charge in [-0.15, -0.1) is 0 Å². The summed E-state index contributed by atoms with van der Waals surface area (Å²) in [6.45, 7) is 3.35. The van der Waals surface area contributed by atoms with Crippen LogP contribution in [-0.2, 0) is 25.4 Å². The molecule has 0 aromatic heterocycles. The maximum atomic E-state index is 13.9. The van der Waals surface area contributed by atoms with E-state index in [1.807, 2.05) is 0 Å². The Hall–Kier alpha value is -3.55. The Morgan fingerprint density at radius 3 is 2.36 bits per heavy atom. The van der Waals surface area contributed by atoms with Crippen LogP contribution in [0.4, 0.5) is 0 Å². The first kappa shape index (κ1) is 34.9. The zero-order valence-corrected chi connectivity index (χ0v) is 27.2. The quantitative estimate of drug-likeness (QED) is 0.172. The summed E-state index contributed by atoms with van der Waals surface area (Å²) in [6, 6.07) is 6.82. The number of ether oxygens (including phenoxy) is 9. The predicted octanol–water partition coefficient (Wildman–Crippen LogP) is -1.04. The molecule has 5 heterocycles. The van der Waals surface area contributed by atoms with Crippen molar-refractivity contribution in [1.82, 2.24) is 0 Å². The number of aliphatic hydroxyl groups excluding tert-OH is 6. The second-order valence-electron chi connectivity index (χ2n) is 12.9. The maximum Gasteiger partial charge on any atom is 0.187 e. The van der Waals surface area contributed by atoms with Gasteiger partial charge in [0.25, 0.3) is 0 Å². The number of carbonyl (C=O) groups is 1. The van der Waals surface area contributed by atoms with Crippen molar-refractivity contribution in [1.29, 1.82) is 0 Å². The number of rotatable bonds is 9. The molecule has 0 unspecified atom stereocenters. The first-order chi connectivity index (χ1) is 24.0. The Bertz CT molecular complexity index is 1610. The molecule has 16 heteroatoms. The highest BCUT2D eigenvalue weighted by molar-refractivity contribution is 6.06. The van der Waals surface area contributed by atoms with Gasteiger partial charge in [0, 0.05) is 23.6 Å². The van der Waals surface area contributed by atoms with Gasteiger partial charge in [-0.05, 0) is 23.8 Å². The first-order valence-electron chi connectivity index (χ1n) is 16.2. The molecule has 0 saturated carbocycles. The monoisotopic (exact) mass is 704 g/mol. The molecule has 272 valence electrons. The number of methoxy groups -OCH3 is 2. The fraction of sp³-hybridized carbons (Fsp3) is 0.559. The van der Waals surface area contributed by atoms with Gasteiger partial charge in [-0.2, -0.15) is 0 Å². The van der Waals surface area contributed by atoms with Gasteiger partial charge in [0.2, 0.25) is 0 Å². The maximum absolute atomic E-state index is 13.9. The number of hydrogen-bond donors (Lipinski definition) is 6. The van der Waals surface area contributed by atoms with Crippen molar-refractivity contribution < 1.29 is 78.1 Å². The van der Waals surface area contributed by atoms with Crippen molar-refractivity contribution in [3.05, 3.63) is 53.1 Å². The first-order valence-corrected chi connectivity index (χ1v) is 16.2. The molecule has 0 bridgehead atoms. The summed E-state index contributed by atoms with van der Waals surface area (Å²) in [6.07, 6.45) is -14.1. The summed E-state index contributed by atoms with van der Waals surface area (Å²) in [4.78, 5) is 13.9. The third-order valence-electron chi connectivity index (χ3n) is 9.76. The molecule has 0 amide bonds. The van der Waals surface area contributed by atoms with E-state index in [1.165, 1.54) is 14.2 Å². The van der Waals surface area contributed by atoms with E-state index in [-0.39, 0.29) is 25.6 Å². The molecule has 50 heavy (non-hydrogen) atoms. The summed E-state index contributed by atoms with van der Waals surface area (Å²) in [5.41, 5.74) is 2.20. The number of hydrogen-bond acceptors (Lipinski definition) is 16. The van der Waals surface area contributed by atoms with Crippen LogP contribution < -0.4 is 23.7 Å². The molecule has 2 saturated heterocycles. The number of Topliss-reactive ketones (excluding diaryl/α,β-unsaturated/α-hetero) is 1. The summed E-state index contributed by atoms with van der Waals surface area (Å²) < 4.78 is 51.5. The SMILES string of the molecule is C=C(CO[C@H]1O[C@@H](CO[C@H]2OC[C@@H](O)[C@@H](O)[C@H]2O)[C@@H](O)[C@@H](O)[C@H]1O)[C@H]1Cc2c(ccc3c2O[C@@H]2COc4cc(OC)c(OC)cc4[C@H]2C3=O)O1. The minimum absolute atomic E-state index is 0.123. The molecule has 0 aliphatic carbocycles. The Morgan fingerprint density at radius 1 is 0.860 bits per heavy atom. The van der Waals surface area contributed by atoms with Crippen LogP contribution in [0.3, 0.4) is 0 Å². The molecular formula is C34H40O16. The van der Waals surface area contributed by atoms with E-state index >= 15 is 0 Å². The minimum Gasteiger partial charge on any atom is -0.493 e. The van der Waals surface area contributed by atoms with Crippen molar-refractivity contribution in [2.45, 2.75) is 79.9 Å². The van der Waals surface area contributed by atoms with Gasteiger partial charge in [-0.25, -0.2) is 0 Å². The zero-order chi connectivity index (χ0) is 35.4. The summed E-state index contributed by atoms with van der Waals surface area (Å²) in [5, 5.41) is 61.2. The van der Waals surface area contributed by atoms with Crippen molar-refractivity contribution in [2.24, 2.45) is 0 Å². The fourth-order valence-electron chi connectivity index (χ4n) is 6.88. The molecule has 5 aliphatic rings. The number of carbonyl (C=O) groups excluding carboxylic acids is 1. The lowest BCUT2D eigenvalue weighted by molar-refractivity contribution is -0.319. The van der Waals surface area contributed by atoms with E-state index < -0.39 is 80.0 Å². The van der Waals surface area contributed by atoms with Crippen LogP contribution in [0.5, 0.6) is 28.7 Å². The third-order valence-corrected chi connectivity index (χ3v) is 9.76. The van der Waals surface area contributed by atoms with Gasteiger partial charge in [0.05, 0.1) is 45.5 Å². The largest absolute Gasteiger partial charge is 0.493 e. The topological polar surface area (TPSA) is 222 Å². The lowest BCUT2D eigenvalue weighted by atomic mass is 9.81. The molecule has 12 atom stereocenters. The number of aliphatic hydroxyl groups is 6. The average Bonchev–Trinajstić information content (AvgIpc) is 3.57. The lowest BCUT2D eigenvalue weighted by Crippen LogP contribution is -2.60. The standard InChI is InChI=1S/C34H40O16/c1-13(9-45-34-31(41)29(39)28(38)24(50-34)12-47-33-30(40)27(37)17(35)10-46-33)19-7-16-18(48-19)5-4-14-26(36)25-15-6-21(42-2)22(43-3)8-20(15)44-11-23(25)49-32(14)16/h4-6,8,17,19,23-25,27-31,33-35,37-41H,1,7,9-12H2,2-3H3/t17-,19-,23-,24+,25-,27-,28-,29-,30-,31-,33-,34+/m1/s1. The van der Waals surface area contributed by atoms with Crippen LogP contribution in [0.1, 0.15) is 27.4 Å². The van der Waals surface area contributed by atoms with Gasteiger partial charge < -0.3 is 73.3 Å². The third kappa shape index (κ3) is 6.08.